The Morgan fingerprint density at radius 3 is 2.85 bits per heavy atom. The first kappa shape index (κ1) is 18.8. The van der Waals surface area contributed by atoms with Crippen LogP contribution in [0.5, 0.6) is 0 Å². The highest BCUT2D eigenvalue weighted by molar-refractivity contribution is 5.76. The van der Waals surface area contributed by atoms with E-state index < -0.39 is 5.97 Å². The van der Waals surface area contributed by atoms with Gasteiger partial charge in [0.25, 0.3) is 0 Å². The van der Waals surface area contributed by atoms with Gasteiger partial charge in [0.15, 0.2) is 0 Å². The monoisotopic (exact) mass is 372 g/mol. The molecule has 3 N–H and O–H groups in total. The Morgan fingerprint density at radius 1 is 1.33 bits per heavy atom. The molecule has 0 spiro atoms. The van der Waals surface area contributed by atoms with E-state index in [0.717, 1.165) is 24.0 Å². The summed E-state index contributed by atoms with van der Waals surface area (Å²) in [6.07, 6.45) is 7.61. The maximum Gasteiger partial charge on any atom is 0.325 e. The van der Waals surface area contributed by atoms with E-state index in [4.69, 9.17) is 5.11 Å². The zero-order valence-electron chi connectivity index (χ0n) is 15.4. The van der Waals surface area contributed by atoms with Crippen LogP contribution >= 0.6 is 0 Å². The summed E-state index contributed by atoms with van der Waals surface area (Å²) < 4.78 is 3.41. The van der Waals surface area contributed by atoms with Crippen LogP contribution in [0.4, 0.5) is 11.6 Å². The summed E-state index contributed by atoms with van der Waals surface area (Å²) in [5.74, 6) is 0.267. The van der Waals surface area contributed by atoms with E-state index in [-0.39, 0.29) is 13.2 Å². The zero-order chi connectivity index (χ0) is 19.4. The molecule has 3 aromatic heterocycles. The lowest BCUT2D eigenvalue weighted by atomic mass is 9.93. The molecule has 27 heavy (non-hydrogen) atoms. The number of aromatic nitrogens is 5. The van der Waals surface area contributed by atoms with Gasteiger partial charge < -0.3 is 20.1 Å². The van der Waals surface area contributed by atoms with E-state index >= 15 is 0 Å². The van der Waals surface area contributed by atoms with Crippen molar-refractivity contribution < 1.29 is 15.0 Å². The standard InChI is InChI=1S/C18H24N6O3/c1-12(2)14(4-6-25)9-23-5-3-13-7-19-18(22-17(13)23)21-15-8-20-24(10-15)11-16(26)27/h3,5,7-8,10,12,14,25H,4,6,9,11H2,1-2H3,(H,26,27)(H,19,21,22)/t14-/m1/s1. The van der Waals surface area contributed by atoms with E-state index in [1.165, 1.54) is 10.9 Å². The Bertz CT molecular complexity index is 917. The maximum atomic E-state index is 10.7. The van der Waals surface area contributed by atoms with Crippen molar-refractivity contribution in [1.82, 2.24) is 24.3 Å². The Hall–Kier alpha value is -2.94. The Balaban J connectivity index is 1.80. The highest BCUT2D eigenvalue weighted by atomic mass is 16.4. The fraction of sp³-hybridized carbons (Fsp3) is 0.444. The van der Waals surface area contributed by atoms with Crippen molar-refractivity contribution in [2.75, 3.05) is 11.9 Å². The average molecular weight is 372 g/mol. The number of aliphatic carboxylic acids is 1. The first-order valence-corrected chi connectivity index (χ1v) is 8.90. The molecule has 0 unspecified atom stereocenters. The summed E-state index contributed by atoms with van der Waals surface area (Å²) in [6.45, 7) is 5.05. The minimum Gasteiger partial charge on any atom is -0.480 e. The van der Waals surface area contributed by atoms with Gasteiger partial charge >= 0.3 is 5.97 Å². The number of nitrogens with zero attached hydrogens (tertiary/aromatic N) is 5. The summed E-state index contributed by atoms with van der Waals surface area (Å²) in [5, 5.41) is 26.1. The molecular formula is C18H24N6O3. The number of rotatable bonds is 9. The fourth-order valence-corrected chi connectivity index (χ4v) is 3.01. The van der Waals surface area contributed by atoms with Crippen LogP contribution in [0.25, 0.3) is 11.0 Å². The molecule has 0 saturated carbocycles. The first-order valence-electron chi connectivity index (χ1n) is 8.90. The van der Waals surface area contributed by atoms with Crippen LogP contribution in [0.2, 0.25) is 0 Å². The molecule has 3 heterocycles. The van der Waals surface area contributed by atoms with Crippen LogP contribution in [0.1, 0.15) is 20.3 Å². The highest BCUT2D eigenvalue weighted by Gasteiger charge is 2.15. The van der Waals surface area contributed by atoms with Crippen molar-refractivity contribution in [3.05, 3.63) is 30.9 Å². The van der Waals surface area contributed by atoms with Crippen molar-refractivity contribution in [2.24, 2.45) is 11.8 Å². The summed E-state index contributed by atoms with van der Waals surface area (Å²) in [6, 6.07) is 1.97. The smallest absolute Gasteiger partial charge is 0.325 e. The minimum absolute atomic E-state index is 0.171. The van der Waals surface area contributed by atoms with Gasteiger partial charge in [-0.05, 0) is 24.3 Å². The van der Waals surface area contributed by atoms with Crippen LogP contribution in [-0.4, -0.2) is 47.1 Å². The molecule has 0 aliphatic heterocycles. The van der Waals surface area contributed by atoms with E-state index in [2.05, 4.69) is 38.8 Å². The highest BCUT2D eigenvalue weighted by Crippen LogP contribution is 2.22. The van der Waals surface area contributed by atoms with Crippen LogP contribution < -0.4 is 5.32 Å². The Kier molecular flexibility index (Phi) is 5.70. The second kappa shape index (κ2) is 8.17. The molecule has 3 rings (SSSR count). The Morgan fingerprint density at radius 2 is 2.15 bits per heavy atom. The third-order valence-electron chi connectivity index (χ3n) is 4.56. The van der Waals surface area contributed by atoms with Crippen molar-refractivity contribution in [3.8, 4) is 0 Å². The number of carbonyl (C=O) groups is 1. The average Bonchev–Trinajstić information content (AvgIpc) is 3.21. The number of carboxylic acids is 1. The zero-order valence-corrected chi connectivity index (χ0v) is 15.4. The molecule has 3 aromatic rings. The summed E-state index contributed by atoms with van der Waals surface area (Å²) in [7, 11) is 0. The molecule has 0 bridgehead atoms. The van der Waals surface area contributed by atoms with E-state index in [1.807, 2.05) is 12.3 Å². The maximum absolute atomic E-state index is 10.7. The molecule has 144 valence electrons. The minimum atomic E-state index is -0.956. The molecule has 9 heteroatoms. The number of fused-ring (bicyclic) bond motifs is 1. The summed E-state index contributed by atoms with van der Waals surface area (Å²) >= 11 is 0. The van der Waals surface area contributed by atoms with Crippen LogP contribution in [0.3, 0.4) is 0 Å². The van der Waals surface area contributed by atoms with E-state index in [1.54, 1.807) is 12.4 Å². The number of aliphatic hydroxyl groups is 1. The van der Waals surface area contributed by atoms with Gasteiger partial charge in [0.1, 0.15) is 12.2 Å². The molecule has 0 aromatic carbocycles. The van der Waals surface area contributed by atoms with Gasteiger partial charge in [-0.3, -0.25) is 9.48 Å². The van der Waals surface area contributed by atoms with Crippen LogP contribution in [-0.2, 0) is 17.9 Å². The van der Waals surface area contributed by atoms with Crippen molar-refractivity contribution in [2.45, 2.75) is 33.4 Å². The number of aliphatic hydroxyl groups excluding tert-OH is 1. The van der Waals surface area contributed by atoms with Crippen molar-refractivity contribution >= 4 is 28.6 Å². The topological polar surface area (TPSA) is 118 Å². The second-order valence-electron chi connectivity index (χ2n) is 6.90. The summed E-state index contributed by atoms with van der Waals surface area (Å²) in [5.41, 5.74) is 1.43. The van der Waals surface area contributed by atoms with E-state index in [0.29, 0.717) is 23.5 Å². The summed E-state index contributed by atoms with van der Waals surface area (Å²) in [4.78, 5) is 19.7. The van der Waals surface area contributed by atoms with Gasteiger partial charge in [-0.15, -0.1) is 0 Å². The number of hydrogen-bond acceptors (Lipinski definition) is 6. The molecule has 0 radical (unpaired) electrons. The lowest BCUT2D eigenvalue weighted by Crippen LogP contribution is -2.17. The number of nitrogens with one attached hydrogen (secondary N) is 1. The molecule has 0 fully saturated rings. The number of hydrogen-bond donors (Lipinski definition) is 3. The molecule has 0 saturated heterocycles. The number of anilines is 2. The van der Waals surface area contributed by atoms with Gasteiger partial charge in [-0.25, -0.2) is 4.98 Å². The number of carboxylic acid groups (broad SMARTS) is 1. The second-order valence-corrected chi connectivity index (χ2v) is 6.90. The van der Waals surface area contributed by atoms with Crippen LogP contribution in [0, 0.1) is 11.8 Å². The normalized spacial score (nSPS) is 12.6. The van der Waals surface area contributed by atoms with Crippen molar-refractivity contribution in [3.63, 3.8) is 0 Å². The van der Waals surface area contributed by atoms with Gasteiger partial charge in [-0.1, -0.05) is 13.8 Å². The molecule has 0 aliphatic carbocycles. The van der Waals surface area contributed by atoms with Crippen molar-refractivity contribution in [1.29, 1.82) is 0 Å². The molecule has 1 atom stereocenters. The first-order chi connectivity index (χ1) is 13.0. The predicted octanol–water partition coefficient (Wildman–Crippen LogP) is 2.11. The quantitative estimate of drug-likeness (QED) is 0.526. The van der Waals surface area contributed by atoms with Gasteiger partial charge in [0, 0.05) is 37.1 Å². The van der Waals surface area contributed by atoms with E-state index in [9.17, 15) is 9.90 Å². The molecule has 9 nitrogen and oxygen atoms in total. The van der Waals surface area contributed by atoms with Gasteiger partial charge in [0.2, 0.25) is 5.95 Å². The Labute approximate surface area is 156 Å². The van der Waals surface area contributed by atoms with Gasteiger partial charge in [0.05, 0.1) is 11.9 Å². The van der Waals surface area contributed by atoms with Gasteiger partial charge in [-0.2, -0.15) is 10.1 Å². The molecule has 0 amide bonds. The fourth-order valence-electron chi connectivity index (χ4n) is 3.01. The SMILES string of the molecule is CC(C)[C@H](CCO)Cn1ccc2cnc(Nc3cnn(CC(=O)O)c3)nc21. The third kappa shape index (κ3) is 4.62. The largest absolute Gasteiger partial charge is 0.480 e. The molecule has 0 aliphatic rings. The van der Waals surface area contributed by atoms with Crippen LogP contribution in [0.15, 0.2) is 30.9 Å². The lowest BCUT2D eigenvalue weighted by molar-refractivity contribution is -0.137. The third-order valence-corrected chi connectivity index (χ3v) is 4.56. The molecular weight excluding hydrogens is 348 g/mol. The lowest BCUT2D eigenvalue weighted by Gasteiger charge is -2.20. The predicted molar refractivity (Wildman–Crippen MR) is 101 cm³/mol.